The van der Waals surface area contributed by atoms with Crippen LogP contribution in [0.1, 0.15) is 29.8 Å². The van der Waals surface area contributed by atoms with Gasteiger partial charge in [-0.05, 0) is 68.8 Å². The van der Waals surface area contributed by atoms with Crippen molar-refractivity contribution in [2.24, 2.45) is 0 Å². The molecule has 1 amide bonds. The van der Waals surface area contributed by atoms with E-state index in [-0.39, 0.29) is 34.3 Å². The van der Waals surface area contributed by atoms with E-state index in [1.54, 1.807) is 30.5 Å². The first-order chi connectivity index (χ1) is 14.6. The van der Waals surface area contributed by atoms with E-state index in [0.717, 1.165) is 5.56 Å². The smallest absolute Gasteiger partial charge is 0.356 e. The fraction of sp³-hybridized carbons (Fsp3) is 0.182. The minimum absolute atomic E-state index is 0. The van der Waals surface area contributed by atoms with Crippen molar-refractivity contribution in [3.63, 3.8) is 0 Å². The topological polar surface area (TPSA) is 118 Å². The molecule has 0 aliphatic carbocycles. The molecule has 3 rings (SSSR count). The van der Waals surface area contributed by atoms with Gasteiger partial charge in [0.15, 0.2) is 0 Å². The lowest BCUT2D eigenvalue weighted by molar-refractivity contribution is 0.102. The van der Waals surface area contributed by atoms with Gasteiger partial charge in [-0.25, -0.2) is 4.98 Å². The summed E-state index contributed by atoms with van der Waals surface area (Å²) in [6.07, 6.45) is 1.54. The Labute approximate surface area is 196 Å². The molecule has 0 unspecified atom stereocenters. The highest BCUT2D eigenvalue weighted by Crippen LogP contribution is 2.34. The standard InChI is InChI=1S/C22H23N2O6P.BrH/c1-14(2)29-18-10-16(22(25)24-21-9-4-15(3)13-23-21)11-19(12-18)30-17-5-7-20(8-6-17)31(26,27)28;/h4-14H,1-3H3,(H,23,24,25)(H2,26,27,28);1H. The molecule has 0 aliphatic rings. The summed E-state index contributed by atoms with van der Waals surface area (Å²) < 4.78 is 22.9. The Balaban J connectivity index is 0.00000363. The Bertz CT molecular complexity index is 1110. The molecule has 0 atom stereocenters. The molecule has 170 valence electrons. The summed E-state index contributed by atoms with van der Waals surface area (Å²) in [6.45, 7) is 5.63. The summed E-state index contributed by atoms with van der Waals surface area (Å²) >= 11 is 0. The van der Waals surface area contributed by atoms with Crippen molar-refractivity contribution in [2.45, 2.75) is 26.9 Å². The van der Waals surface area contributed by atoms with Gasteiger partial charge in [0.25, 0.3) is 5.91 Å². The maximum Gasteiger partial charge on any atom is 0.356 e. The fourth-order valence-electron chi connectivity index (χ4n) is 2.68. The van der Waals surface area contributed by atoms with Crippen LogP contribution < -0.4 is 20.1 Å². The Morgan fingerprint density at radius 1 is 1.00 bits per heavy atom. The molecule has 3 N–H and O–H groups in total. The van der Waals surface area contributed by atoms with Crippen molar-refractivity contribution in [2.75, 3.05) is 5.32 Å². The van der Waals surface area contributed by atoms with Crippen LogP contribution in [0.5, 0.6) is 17.2 Å². The van der Waals surface area contributed by atoms with Gasteiger partial charge in [-0.15, -0.1) is 17.0 Å². The Morgan fingerprint density at radius 2 is 1.66 bits per heavy atom. The van der Waals surface area contributed by atoms with Gasteiger partial charge in [-0.2, -0.15) is 0 Å². The van der Waals surface area contributed by atoms with Crippen molar-refractivity contribution in [1.29, 1.82) is 0 Å². The van der Waals surface area contributed by atoms with Crippen LogP contribution in [0.25, 0.3) is 0 Å². The number of hydrogen-bond donors (Lipinski definition) is 3. The van der Waals surface area contributed by atoms with Gasteiger partial charge in [0.05, 0.1) is 11.4 Å². The van der Waals surface area contributed by atoms with Gasteiger partial charge in [0, 0.05) is 17.8 Å². The first kappa shape index (κ1) is 25.5. The molecule has 0 bridgehead atoms. The van der Waals surface area contributed by atoms with Crippen molar-refractivity contribution in [3.8, 4) is 17.2 Å². The minimum atomic E-state index is -4.34. The van der Waals surface area contributed by atoms with Crippen LogP contribution in [0.4, 0.5) is 5.82 Å². The number of nitrogens with zero attached hydrogens (tertiary/aromatic N) is 1. The van der Waals surface area contributed by atoms with E-state index >= 15 is 0 Å². The molecular formula is C22H24BrN2O6P. The van der Waals surface area contributed by atoms with Gasteiger partial charge >= 0.3 is 7.60 Å². The second-order valence-corrected chi connectivity index (χ2v) is 8.78. The zero-order chi connectivity index (χ0) is 22.6. The number of ether oxygens (including phenoxy) is 2. The van der Waals surface area contributed by atoms with Crippen molar-refractivity contribution in [3.05, 3.63) is 71.9 Å². The summed E-state index contributed by atoms with van der Waals surface area (Å²) in [4.78, 5) is 35.4. The van der Waals surface area contributed by atoms with Crippen molar-refractivity contribution in [1.82, 2.24) is 4.98 Å². The minimum Gasteiger partial charge on any atom is -0.491 e. The first-order valence-electron chi connectivity index (χ1n) is 9.50. The summed E-state index contributed by atoms with van der Waals surface area (Å²) in [5, 5.41) is 2.62. The largest absolute Gasteiger partial charge is 0.491 e. The molecular weight excluding hydrogens is 499 g/mol. The number of carbonyl (C=O) groups excluding carboxylic acids is 1. The van der Waals surface area contributed by atoms with Crippen LogP contribution in [0.15, 0.2) is 60.8 Å². The van der Waals surface area contributed by atoms with Gasteiger partial charge in [-0.3, -0.25) is 9.36 Å². The molecule has 8 nitrogen and oxygen atoms in total. The van der Waals surface area contributed by atoms with Crippen molar-refractivity contribution < 1.29 is 28.6 Å². The zero-order valence-electron chi connectivity index (χ0n) is 17.7. The van der Waals surface area contributed by atoms with E-state index < -0.39 is 7.60 Å². The Kier molecular flexibility index (Phi) is 8.58. The van der Waals surface area contributed by atoms with Crippen LogP contribution in [0.3, 0.4) is 0 Å². The zero-order valence-corrected chi connectivity index (χ0v) is 20.3. The average Bonchev–Trinajstić information content (AvgIpc) is 2.69. The van der Waals surface area contributed by atoms with E-state index in [0.29, 0.717) is 28.6 Å². The molecule has 0 saturated heterocycles. The third kappa shape index (κ3) is 7.17. The molecule has 3 aromatic rings. The average molecular weight is 523 g/mol. The van der Waals surface area contributed by atoms with E-state index in [9.17, 15) is 19.1 Å². The highest BCUT2D eigenvalue weighted by Gasteiger charge is 2.17. The number of carbonyl (C=O) groups is 1. The number of nitrogens with one attached hydrogen (secondary N) is 1. The molecule has 0 radical (unpaired) electrons. The number of rotatable bonds is 7. The molecule has 1 heterocycles. The van der Waals surface area contributed by atoms with Gasteiger partial charge in [-0.1, -0.05) is 6.07 Å². The number of anilines is 1. The second kappa shape index (κ2) is 10.7. The third-order valence-electron chi connectivity index (χ3n) is 4.08. The van der Waals surface area contributed by atoms with Crippen LogP contribution in [0, 0.1) is 6.92 Å². The van der Waals surface area contributed by atoms with Crippen LogP contribution in [-0.4, -0.2) is 26.8 Å². The molecule has 32 heavy (non-hydrogen) atoms. The first-order valence-corrected chi connectivity index (χ1v) is 11.1. The Morgan fingerprint density at radius 3 is 2.22 bits per heavy atom. The highest BCUT2D eigenvalue weighted by molar-refractivity contribution is 8.93. The maximum atomic E-state index is 12.7. The van der Waals surface area contributed by atoms with Gasteiger partial charge in [0.2, 0.25) is 0 Å². The number of aromatic nitrogens is 1. The van der Waals surface area contributed by atoms with Crippen molar-refractivity contribution >= 4 is 41.6 Å². The maximum absolute atomic E-state index is 12.7. The summed E-state index contributed by atoms with van der Waals surface area (Å²) in [7, 11) is -4.34. The number of hydrogen-bond acceptors (Lipinski definition) is 5. The Hall–Kier alpha value is -2.71. The number of benzene rings is 2. The lowest BCUT2D eigenvalue weighted by Gasteiger charge is -2.14. The lowest BCUT2D eigenvalue weighted by atomic mass is 10.2. The normalized spacial score (nSPS) is 10.9. The monoisotopic (exact) mass is 522 g/mol. The van der Waals surface area contributed by atoms with Gasteiger partial charge in [0.1, 0.15) is 23.1 Å². The fourth-order valence-corrected chi connectivity index (χ4v) is 3.21. The highest BCUT2D eigenvalue weighted by atomic mass is 79.9. The van der Waals surface area contributed by atoms with Crippen LogP contribution in [-0.2, 0) is 4.57 Å². The molecule has 1 aromatic heterocycles. The molecule has 0 spiro atoms. The number of amides is 1. The summed E-state index contributed by atoms with van der Waals surface area (Å²) in [5.41, 5.74) is 1.29. The van der Waals surface area contributed by atoms with Crippen LogP contribution in [0.2, 0.25) is 0 Å². The van der Waals surface area contributed by atoms with E-state index in [2.05, 4.69) is 10.3 Å². The van der Waals surface area contributed by atoms with Crippen LogP contribution >= 0.6 is 24.6 Å². The van der Waals surface area contributed by atoms with Gasteiger partial charge < -0.3 is 24.6 Å². The predicted octanol–water partition coefficient (Wildman–Crippen LogP) is 4.60. The molecule has 2 aromatic carbocycles. The molecule has 0 aliphatic heterocycles. The quantitative estimate of drug-likeness (QED) is 0.388. The summed E-state index contributed by atoms with van der Waals surface area (Å²) in [5.74, 6) is 1.17. The third-order valence-corrected chi connectivity index (χ3v) is 5.05. The number of pyridine rings is 1. The number of aryl methyl sites for hydroxylation is 1. The SMILES string of the molecule is Br.Cc1ccc(NC(=O)c2cc(Oc3ccc(P(=O)(O)O)cc3)cc(OC(C)C)c2)nc1. The second-order valence-electron chi connectivity index (χ2n) is 7.17. The number of halogens is 1. The molecule has 0 fully saturated rings. The van der Waals surface area contributed by atoms with E-state index in [4.69, 9.17) is 9.47 Å². The summed E-state index contributed by atoms with van der Waals surface area (Å²) in [6, 6.07) is 13.8. The van der Waals surface area contributed by atoms with E-state index in [1.165, 1.54) is 24.3 Å². The predicted molar refractivity (Wildman–Crippen MR) is 128 cm³/mol. The van der Waals surface area contributed by atoms with E-state index in [1.807, 2.05) is 26.8 Å². The molecule has 0 saturated carbocycles. The molecule has 10 heteroatoms. The lowest BCUT2D eigenvalue weighted by Crippen LogP contribution is -2.14.